The second-order valence-electron chi connectivity index (χ2n) is 10.0. The van der Waals surface area contributed by atoms with Crippen LogP contribution in [0.25, 0.3) is 0 Å². The Bertz CT molecular complexity index is 592. The number of carbonyl (C=O) groups is 2. The fourth-order valence-corrected chi connectivity index (χ4v) is 5.68. The smallest absolute Gasteiger partial charge is 0.306 e. The summed E-state index contributed by atoms with van der Waals surface area (Å²) in [6.45, 7) is 2.22. The predicted octanol–water partition coefficient (Wildman–Crippen LogP) is 5.53. The van der Waals surface area contributed by atoms with E-state index in [4.69, 9.17) is 5.11 Å². The largest absolute Gasteiger partial charge is 0.481 e. The van der Waals surface area contributed by atoms with Crippen LogP contribution in [0.5, 0.6) is 0 Å². The summed E-state index contributed by atoms with van der Waals surface area (Å²) in [5.74, 6) is 0.359. The van der Waals surface area contributed by atoms with Crippen LogP contribution in [0, 0.1) is 29.1 Å². The fraction of sp³-hybridized carbons (Fsp3) is 0.840. The van der Waals surface area contributed by atoms with Crippen molar-refractivity contribution in [1.82, 2.24) is 0 Å². The van der Waals surface area contributed by atoms with Gasteiger partial charge in [0.1, 0.15) is 5.78 Å². The van der Waals surface area contributed by atoms with E-state index < -0.39 is 5.97 Å². The van der Waals surface area contributed by atoms with Crippen molar-refractivity contribution in [1.29, 1.82) is 0 Å². The molecule has 1 unspecified atom stereocenters. The number of aliphatic hydroxyl groups is 1. The molecule has 0 aromatic carbocycles. The number of aliphatic carboxylic acids is 1. The lowest BCUT2D eigenvalue weighted by atomic mass is 9.62. The van der Waals surface area contributed by atoms with Crippen LogP contribution in [-0.2, 0) is 9.59 Å². The van der Waals surface area contributed by atoms with Crippen LogP contribution in [-0.4, -0.2) is 28.1 Å². The van der Waals surface area contributed by atoms with Gasteiger partial charge in [-0.3, -0.25) is 9.59 Å². The second-order valence-corrected chi connectivity index (χ2v) is 10.0. The zero-order valence-corrected chi connectivity index (χ0v) is 18.2. The molecule has 2 N–H and O–H groups in total. The number of ketones is 1. The molecule has 4 heteroatoms. The summed E-state index contributed by atoms with van der Waals surface area (Å²) in [5.41, 5.74) is 0.0920. The number of aliphatic hydroxyl groups excluding tert-OH is 1. The summed E-state index contributed by atoms with van der Waals surface area (Å²) in [6.07, 6.45) is 18.4. The molecule has 0 spiro atoms. The average Bonchev–Trinajstić information content (AvgIpc) is 3.36. The predicted molar refractivity (Wildman–Crippen MR) is 114 cm³/mol. The highest BCUT2D eigenvalue weighted by Gasteiger charge is 2.43. The molecule has 29 heavy (non-hydrogen) atoms. The number of Topliss-reactive ketones (excluding diaryl/α,β-unsaturated/α-hetero) is 1. The lowest BCUT2D eigenvalue weighted by Gasteiger charge is -2.45. The Balaban J connectivity index is 1.43. The van der Waals surface area contributed by atoms with E-state index in [-0.39, 0.29) is 29.3 Å². The monoisotopic (exact) mass is 404 g/mol. The van der Waals surface area contributed by atoms with Crippen molar-refractivity contribution in [3.63, 3.8) is 0 Å². The Labute approximate surface area is 176 Å². The standard InChI is InChI=1S/C25H40O4/c1-2-3-6-14-25(15-7-16-25)23(27)13-11-18-10-12-22(26)20(18)9-5-4-8-19-17-21(19)24(28)29/h11,13,18-21,23,27H,2-10,12,14-17H2,1H3,(H,28,29)/t18-,19-,20-,21-,23?/m1/s1. The SMILES string of the molecule is CCCCCC1(C(O)C=C[C@H]2CCC(=O)[C@@H]2CCCC[C@@H]2C[C@H]2C(=O)O)CCC1. The molecule has 3 rings (SSSR count). The number of rotatable bonds is 13. The van der Waals surface area contributed by atoms with Gasteiger partial charge in [0.25, 0.3) is 0 Å². The van der Waals surface area contributed by atoms with E-state index in [2.05, 4.69) is 13.0 Å². The summed E-state index contributed by atoms with van der Waals surface area (Å²) in [7, 11) is 0. The van der Waals surface area contributed by atoms with Gasteiger partial charge in [0.2, 0.25) is 0 Å². The molecule has 164 valence electrons. The zero-order valence-electron chi connectivity index (χ0n) is 18.2. The first kappa shape index (κ1) is 22.5. The normalized spacial score (nSPS) is 31.7. The van der Waals surface area contributed by atoms with Crippen molar-refractivity contribution in [2.75, 3.05) is 0 Å². The molecule has 0 aliphatic heterocycles. The van der Waals surface area contributed by atoms with Crippen molar-refractivity contribution in [3.05, 3.63) is 12.2 Å². The molecule has 3 aliphatic rings. The third-order valence-electron chi connectivity index (χ3n) is 8.03. The van der Waals surface area contributed by atoms with Crippen molar-refractivity contribution < 1.29 is 19.8 Å². The van der Waals surface area contributed by atoms with Crippen molar-refractivity contribution >= 4 is 11.8 Å². The summed E-state index contributed by atoms with van der Waals surface area (Å²) in [5, 5.41) is 19.9. The minimum absolute atomic E-state index is 0.0920. The Morgan fingerprint density at radius 1 is 1.21 bits per heavy atom. The van der Waals surface area contributed by atoms with Crippen LogP contribution in [0.1, 0.15) is 96.8 Å². The number of unbranched alkanes of at least 4 members (excludes halogenated alkanes) is 3. The molecule has 5 atom stereocenters. The Hall–Kier alpha value is -1.16. The Kier molecular flexibility index (Phi) is 7.95. The zero-order chi connectivity index (χ0) is 20.9. The maximum atomic E-state index is 12.4. The molecule has 0 aromatic rings. The highest BCUT2D eigenvalue weighted by Crippen LogP contribution is 2.49. The molecular weight excluding hydrogens is 364 g/mol. The minimum atomic E-state index is -0.649. The summed E-state index contributed by atoms with van der Waals surface area (Å²) < 4.78 is 0. The first-order chi connectivity index (χ1) is 14.0. The van der Waals surface area contributed by atoms with Crippen LogP contribution in [0.4, 0.5) is 0 Å². The highest BCUT2D eigenvalue weighted by molar-refractivity contribution is 5.83. The molecule has 3 saturated carbocycles. The molecule has 0 bridgehead atoms. The quantitative estimate of drug-likeness (QED) is 0.313. The number of carboxylic acid groups (broad SMARTS) is 1. The van der Waals surface area contributed by atoms with Gasteiger partial charge in [-0.1, -0.05) is 57.6 Å². The van der Waals surface area contributed by atoms with Crippen molar-refractivity contribution in [2.24, 2.45) is 29.1 Å². The molecule has 0 saturated heterocycles. The molecular formula is C25H40O4. The van der Waals surface area contributed by atoms with E-state index in [1.54, 1.807) is 0 Å². The van der Waals surface area contributed by atoms with Crippen molar-refractivity contribution in [3.8, 4) is 0 Å². The summed E-state index contributed by atoms with van der Waals surface area (Å²) in [4.78, 5) is 23.3. The van der Waals surface area contributed by atoms with Crippen LogP contribution in [0.15, 0.2) is 12.2 Å². The van der Waals surface area contributed by atoms with Crippen LogP contribution >= 0.6 is 0 Å². The lowest BCUT2D eigenvalue weighted by Crippen LogP contribution is -2.40. The van der Waals surface area contributed by atoms with Gasteiger partial charge >= 0.3 is 5.97 Å². The Morgan fingerprint density at radius 2 is 1.97 bits per heavy atom. The molecule has 0 heterocycles. The van der Waals surface area contributed by atoms with Crippen LogP contribution < -0.4 is 0 Å². The van der Waals surface area contributed by atoms with Crippen molar-refractivity contribution in [2.45, 2.75) is 103 Å². The molecule has 0 radical (unpaired) electrons. The van der Waals surface area contributed by atoms with Gasteiger partial charge < -0.3 is 10.2 Å². The van der Waals surface area contributed by atoms with Crippen LogP contribution in [0.3, 0.4) is 0 Å². The van der Waals surface area contributed by atoms with E-state index >= 15 is 0 Å². The molecule has 3 aliphatic carbocycles. The number of allylic oxidation sites excluding steroid dienone is 1. The third-order valence-corrected chi connectivity index (χ3v) is 8.03. The summed E-state index contributed by atoms with van der Waals surface area (Å²) >= 11 is 0. The van der Waals surface area contributed by atoms with Gasteiger partial charge in [-0.25, -0.2) is 0 Å². The van der Waals surface area contributed by atoms with E-state index in [0.29, 0.717) is 18.1 Å². The maximum Gasteiger partial charge on any atom is 0.306 e. The molecule has 4 nitrogen and oxygen atoms in total. The first-order valence-corrected chi connectivity index (χ1v) is 12.1. The summed E-state index contributed by atoms with van der Waals surface area (Å²) in [6, 6.07) is 0. The number of carboxylic acids is 1. The van der Waals surface area contributed by atoms with Gasteiger partial charge in [0.05, 0.1) is 12.0 Å². The molecule has 0 amide bonds. The third kappa shape index (κ3) is 5.71. The number of hydrogen-bond acceptors (Lipinski definition) is 3. The maximum absolute atomic E-state index is 12.4. The van der Waals surface area contributed by atoms with Gasteiger partial charge in [0.15, 0.2) is 0 Å². The van der Waals surface area contributed by atoms with Gasteiger partial charge in [0, 0.05) is 12.3 Å². The van der Waals surface area contributed by atoms with Gasteiger partial charge in [-0.15, -0.1) is 0 Å². The molecule has 0 aromatic heterocycles. The van der Waals surface area contributed by atoms with Gasteiger partial charge in [-0.2, -0.15) is 0 Å². The molecule has 3 fully saturated rings. The minimum Gasteiger partial charge on any atom is -0.481 e. The first-order valence-electron chi connectivity index (χ1n) is 12.1. The average molecular weight is 405 g/mol. The van der Waals surface area contributed by atoms with E-state index in [0.717, 1.165) is 57.8 Å². The Morgan fingerprint density at radius 3 is 2.59 bits per heavy atom. The lowest BCUT2D eigenvalue weighted by molar-refractivity contribution is -0.138. The van der Waals surface area contributed by atoms with Gasteiger partial charge in [-0.05, 0) is 62.2 Å². The highest BCUT2D eigenvalue weighted by atomic mass is 16.4. The van der Waals surface area contributed by atoms with Crippen LogP contribution in [0.2, 0.25) is 0 Å². The van der Waals surface area contributed by atoms with E-state index in [1.165, 1.54) is 25.7 Å². The number of hydrogen-bond donors (Lipinski definition) is 2. The van der Waals surface area contributed by atoms with E-state index in [9.17, 15) is 14.7 Å². The fourth-order valence-electron chi connectivity index (χ4n) is 5.68. The second kappa shape index (κ2) is 10.2. The van der Waals surface area contributed by atoms with E-state index in [1.807, 2.05) is 6.08 Å². The number of carbonyl (C=O) groups excluding carboxylic acids is 1. The topological polar surface area (TPSA) is 74.6 Å².